The van der Waals surface area contributed by atoms with Crippen LogP contribution in [0.2, 0.25) is 0 Å². The minimum absolute atomic E-state index is 0.206. The van der Waals surface area contributed by atoms with E-state index in [-0.39, 0.29) is 5.95 Å². The number of nitrogens with zero attached hydrogens (tertiary/aromatic N) is 6. The molecule has 1 saturated heterocycles. The van der Waals surface area contributed by atoms with Crippen LogP contribution in [0.15, 0.2) is 18.7 Å². The summed E-state index contributed by atoms with van der Waals surface area (Å²) in [7, 11) is 1.97. The number of rotatable bonds is 3. The molecule has 8 heteroatoms. The largest absolute Gasteiger partial charge is 0.381 e. The minimum Gasteiger partial charge on any atom is -0.381 e. The highest BCUT2D eigenvalue weighted by atomic mass is 16.5. The van der Waals surface area contributed by atoms with Crippen LogP contribution in [0.1, 0.15) is 12.8 Å². The topological polar surface area (TPSA) is 95.0 Å². The van der Waals surface area contributed by atoms with Gasteiger partial charge in [0.05, 0.1) is 0 Å². The Labute approximate surface area is 116 Å². The zero-order valence-electron chi connectivity index (χ0n) is 11.3. The van der Waals surface area contributed by atoms with Gasteiger partial charge in [0.25, 0.3) is 0 Å². The van der Waals surface area contributed by atoms with Crippen molar-refractivity contribution < 1.29 is 4.74 Å². The van der Waals surface area contributed by atoms with Gasteiger partial charge < -0.3 is 15.4 Å². The third-order valence-corrected chi connectivity index (χ3v) is 3.42. The highest BCUT2D eigenvalue weighted by molar-refractivity contribution is 5.38. The molecule has 2 aromatic rings. The summed E-state index contributed by atoms with van der Waals surface area (Å²) in [6.07, 6.45) is 6.99. The third kappa shape index (κ3) is 2.55. The van der Waals surface area contributed by atoms with Crippen molar-refractivity contribution in [3.8, 4) is 5.95 Å². The van der Waals surface area contributed by atoms with Crippen molar-refractivity contribution in [2.45, 2.75) is 18.9 Å². The normalized spacial score (nSPS) is 16.2. The molecule has 0 saturated carbocycles. The molecule has 0 bridgehead atoms. The lowest BCUT2D eigenvalue weighted by Crippen LogP contribution is -2.38. The standard InChI is InChI=1S/C12H17N7O/c1-18(9-2-6-20-7-3-9)11-15-10(13)16-12(17-11)19-5-4-14-8-19/h4-5,8-9H,2-3,6-7H2,1H3,(H2,13,15,16,17). The van der Waals surface area contributed by atoms with Gasteiger partial charge in [0, 0.05) is 38.7 Å². The van der Waals surface area contributed by atoms with Crippen LogP contribution in [-0.4, -0.2) is 50.8 Å². The molecule has 0 radical (unpaired) electrons. The molecule has 0 atom stereocenters. The molecule has 1 aliphatic rings. The maximum Gasteiger partial charge on any atom is 0.241 e. The number of aromatic nitrogens is 5. The predicted octanol–water partition coefficient (Wildman–Crippen LogP) is 0.255. The summed E-state index contributed by atoms with van der Waals surface area (Å²) >= 11 is 0. The van der Waals surface area contributed by atoms with E-state index in [1.54, 1.807) is 23.3 Å². The lowest BCUT2D eigenvalue weighted by Gasteiger charge is -2.31. The SMILES string of the molecule is CN(c1nc(N)nc(-n2ccnc2)n1)C1CCOCC1. The number of hydrogen-bond donors (Lipinski definition) is 1. The summed E-state index contributed by atoms with van der Waals surface area (Å²) in [5.41, 5.74) is 5.79. The van der Waals surface area contributed by atoms with Crippen LogP contribution in [0.25, 0.3) is 5.95 Å². The van der Waals surface area contributed by atoms with E-state index in [1.807, 2.05) is 11.9 Å². The molecule has 0 spiro atoms. The van der Waals surface area contributed by atoms with Gasteiger partial charge in [-0.1, -0.05) is 0 Å². The van der Waals surface area contributed by atoms with Crippen molar-refractivity contribution in [1.29, 1.82) is 0 Å². The second-order valence-corrected chi connectivity index (χ2v) is 4.72. The number of nitrogen functional groups attached to an aromatic ring is 1. The molecular weight excluding hydrogens is 258 g/mol. The van der Waals surface area contributed by atoms with Crippen molar-refractivity contribution in [3.05, 3.63) is 18.7 Å². The van der Waals surface area contributed by atoms with Gasteiger partial charge in [-0.25, -0.2) is 4.98 Å². The fourth-order valence-corrected chi connectivity index (χ4v) is 2.26. The third-order valence-electron chi connectivity index (χ3n) is 3.42. The van der Waals surface area contributed by atoms with Gasteiger partial charge in [-0.3, -0.25) is 4.57 Å². The average Bonchev–Trinajstić information content (AvgIpc) is 3.01. The Balaban J connectivity index is 1.89. The molecule has 3 rings (SSSR count). The van der Waals surface area contributed by atoms with Gasteiger partial charge >= 0.3 is 0 Å². The highest BCUT2D eigenvalue weighted by Crippen LogP contribution is 2.19. The summed E-state index contributed by atoms with van der Waals surface area (Å²) in [6, 6.07) is 0.362. The first kappa shape index (κ1) is 12.8. The van der Waals surface area contributed by atoms with Gasteiger partial charge in [-0.2, -0.15) is 15.0 Å². The highest BCUT2D eigenvalue weighted by Gasteiger charge is 2.21. The maximum atomic E-state index is 5.79. The second-order valence-electron chi connectivity index (χ2n) is 4.72. The second kappa shape index (κ2) is 5.41. The number of anilines is 2. The Morgan fingerprint density at radius 2 is 2.10 bits per heavy atom. The van der Waals surface area contributed by atoms with Crippen molar-refractivity contribution >= 4 is 11.9 Å². The first-order valence-electron chi connectivity index (χ1n) is 6.54. The molecule has 0 amide bonds. The zero-order valence-corrected chi connectivity index (χ0v) is 11.3. The number of nitrogens with two attached hydrogens (primary N) is 1. The van der Waals surface area contributed by atoms with Gasteiger partial charge in [0.2, 0.25) is 17.8 Å². The van der Waals surface area contributed by atoms with Crippen LogP contribution in [0.4, 0.5) is 11.9 Å². The van der Waals surface area contributed by atoms with E-state index < -0.39 is 0 Å². The first-order valence-corrected chi connectivity index (χ1v) is 6.54. The quantitative estimate of drug-likeness (QED) is 0.858. The molecule has 0 unspecified atom stereocenters. The van der Waals surface area contributed by atoms with E-state index in [9.17, 15) is 0 Å². The van der Waals surface area contributed by atoms with Crippen molar-refractivity contribution in [2.24, 2.45) is 0 Å². The molecule has 0 aliphatic carbocycles. The molecule has 2 aromatic heterocycles. The van der Waals surface area contributed by atoms with Crippen LogP contribution >= 0.6 is 0 Å². The smallest absolute Gasteiger partial charge is 0.241 e. The van der Waals surface area contributed by atoms with E-state index in [4.69, 9.17) is 10.5 Å². The predicted molar refractivity (Wildman–Crippen MR) is 73.6 cm³/mol. The summed E-state index contributed by atoms with van der Waals surface area (Å²) in [4.78, 5) is 18.8. The van der Waals surface area contributed by atoms with Gasteiger partial charge in [0.1, 0.15) is 6.33 Å². The van der Waals surface area contributed by atoms with Crippen LogP contribution in [-0.2, 0) is 4.74 Å². The number of ether oxygens (including phenoxy) is 1. The lowest BCUT2D eigenvalue weighted by atomic mass is 10.1. The van der Waals surface area contributed by atoms with Gasteiger partial charge in [-0.05, 0) is 12.8 Å². The lowest BCUT2D eigenvalue weighted by molar-refractivity contribution is 0.0852. The monoisotopic (exact) mass is 275 g/mol. The Bertz CT molecular complexity index is 565. The average molecular weight is 275 g/mol. The van der Waals surface area contributed by atoms with Gasteiger partial charge in [0.15, 0.2) is 0 Å². The van der Waals surface area contributed by atoms with Crippen LogP contribution in [0, 0.1) is 0 Å². The first-order chi connectivity index (χ1) is 9.74. The molecule has 1 aliphatic heterocycles. The van der Waals surface area contributed by atoms with Crippen LogP contribution in [0.3, 0.4) is 0 Å². The van der Waals surface area contributed by atoms with E-state index in [1.165, 1.54) is 0 Å². The Morgan fingerprint density at radius 3 is 2.80 bits per heavy atom. The number of imidazole rings is 1. The number of hydrogen-bond acceptors (Lipinski definition) is 7. The molecule has 0 aromatic carbocycles. The molecule has 1 fully saturated rings. The summed E-state index contributed by atoms with van der Waals surface area (Å²) < 4.78 is 7.08. The maximum absolute atomic E-state index is 5.79. The van der Waals surface area contributed by atoms with Crippen LogP contribution < -0.4 is 10.6 Å². The minimum atomic E-state index is 0.206. The molecule has 106 valence electrons. The molecule has 20 heavy (non-hydrogen) atoms. The fourth-order valence-electron chi connectivity index (χ4n) is 2.26. The van der Waals surface area contributed by atoms with E-state index in [0.29, 0.717) is 17.9 Å². The Morgan fingerprint density at radius 1 is 1.30 bits per heavy atom. The van der Waals surface area contributed by atoms with Gasteiger partial charge in [-0.15, -0.1) is 0 Å². The van der Waals surface area contributed by atoms with E-state index >= 15 is 0 Å². The Hall–Kier alpha value is -2.22. The summed E-state index contributed by atoms with van der Waals surface area (Å²) in [6.45, 7) is 1.54. The van der Waals surface area contributed by atoms with Crippen molar-refractivity contribution in [1.82, 2.24) is 24.5 Å². The van der Waals surface area contributed by atoms with E-state index in [2.05, 4.69) is 19.9 Å². The zero-order chi connectivity index (χ0) is 13.9. The summed E-state index contributed by atoms with van der Waals surface area (Å²) in [5, 5.41) is 0. The van der Waals surface area contributed by atoms with Crippen molar-refractivity contribution in [2.75, 3.05) is 30.9 Å². The van der Waals surface area contributed by atoms with Crippen molar-refractivity contribution in [3.63, 3.8) is 0 Å². The summed E-state index contributed by atoms with van der Waals surface area (Å²) in [5.74, 6) is 1.26. The molecular formula is C12H17N7O. The van der Waals surface area contributed by atoms with Crippen LogP contribution in [0.5, 0.6) is 0 Å². The molecule has 2 N–H and O–H groups in total. The molecule has 8 nitrogen and oxygen atoms in total. The molecule has 3 heterocycles. The Kier molecular flexibility index (Phi) is 3.46. The fraction of sp³-hybridized carbons (Fsp3) is 0.500. The van der Waals surface area contributed by atoms with E-state index in [0.717, 1.165) is 26.1 Å².